The van der Waals surface area contributed by atoms with Crippen molar-refractivity contribution < 1.29 is 0 Å². The first-order valence-corrected chi connectivity index (χ1v) is 12.3. The molecule has 0 amide bonds. The third kappa shape index (κ3) is 3.29. The van der Waals surface area contributed by atoms with Crippen LogP contribution in [0.2, 0.25) is 0 Å². The van der Waals surface area contributed by atoms with E-state index in [-0.39, 0.29) is 0 Å². The van der Waals surface area contributed by atoms with E-state index < -0.39 is 0 Å². The van der Waals surface area contributed by atoms with Gasteiger partial charge in [-0.3, -0.25) is 4.98 Å². The first kappa shape index (κ1) is 20.6. The number of rotatable bonds is 2. The van der Waals surface area contributed by atoms with Gasteiger partial charge >= 0.3 is 0 Å². The van der Waals surface area contributed by atoms with E-state index in [4.69, 9.17) is 0 Å². The van der Waals surface area contributed by atoms with Crippen molar-refractivity contribution in [3.63, 3.8) is 0 Å². The smallest absolute Gasteiger partial charge is 0.0991 e. The molecular weight excluding hydrogens is 436 g/mol. The lowest BCUT2D eigenvalue weighted by Crippen LogP contribution is -2.25. The maximum absolute atomic E-state index is 9.20. The predicted octanol–water partition coefficient (Wildman–Crippen LogP) is 6.39. The van der Waals surface area contributed by atoms with Gasteiger partial charge in [0.1, 0.15) is 0 Å². The van der Waals surface area contributed by atoms with E-state index >= 15 is 0 Å². The molecule has 0 aliphatic heterocycles. The van der Waals surface area contributed by atoms with Crippen LogP contribution < -0.4 is 10.4 Å². The minimum absolute atomic E-state index is 0.686. The van der Waals surface area contributed by atoms with E-state index in [0.29, 0.717) is 5.56 Å². The number of fused-ring (bicyclic) bond motifs is 6. The Morgan fingerprint density at radius 2 is 1.64 bits per heavy atom. The van der Waals surface area contributed by atoms with Gasteiger partial charge in [0.05, 0.1) is 17.1 Å². The molecule has 0 bridgehead atoms. The Morgan fingerprint density at radius 3 is 2.53 bits per heavy atom. The highest BCUT2D eigenvalue weighted by Crippen LogP contribution is 2.44. The van der Waals surface area contributed by atoms with Gasteiger partial charge in [-0.2, -0.15) is 5.26 Å². The lowest BCUT2D eigenvalue weighted by molar-refractivity contribution is 1.26. The standard InChI is InChI=1S/C34H22N2/c35-21-22-6-8-24(9-7-22)30-5-1-3-29-19-28-15-14-27(20-32(28)33(29)30)23-10-11-25-12-13-26-4-2-18-36-34(26)31(25)17-16-23/h1-15,17-18,20H,16,19H2. The maximum atomic E-state index is 9.20. The molecule has 0 fully saturated rings. The van der Waals surface area contributed by atoms with Crippen LogP contribution in [0.1, 0.15) is 28.7 Å². The minimum Gasteiger partial charge on any atom is -0.256 e. The van der Waals surface area contributed by atoms with Crippen LogP contribution in [0.4, 0.5) is 0 Å². The molecule has 1 heterocycles. The number of pyridine rings is 1. The van der Waals surface area contributed by atoms with Gasteiger partial charge < -0.3 is 0 Å². The average Bonchev–Trinajstić information content (AvgIpc) is 3.17. The van der Waals surface area contributed by atoms with Crippen molar-refractivity contribution >= 4 is 28.6 Å². The van der Waals surface area contributed by atoms with Crippen LogP contribution in [-0.4, -0.2) is 4.98 Å². The molecule has 0 spiro atoms. The Morgan fingerprint density at radius 1 is 0.750 bits per heavy atom. The van der Waals surface area contributed by atoms with Gasteiger partial charge in [-0.1, -0.05) is 78.9 Å². The quantitative estimate of drug-likeness (QED) is 0.301. The van der Waals surface area contributed by atoms with Gasteiger partial charge in [0.25, 0.3) is 0 Å². The number of hydrogen-bond donors (Lipinski definition) is 0. The van der Waals surface area contributed by atoms with Crippen LogP contribution in [0, 0.1) is 11.3 Å². The van der Waals surface area contributed by atoms with E-state index in [1.165, 1.54) is 54.8 Å². The fraction of sp³-hybridized carbons (Fsp3) is 0.0588. The first-order chi connectivity index (χ1) is 17.8. The zero-order valence-corrected chi connectivity index (χ0v) is 19.7. The molecule has 7 rings (SSSR count). The first-order valence-electron chi connectivity index (χ1n) is 12.3. The summed E-state index contributed by atoms with van der Waals surface area (Å²) in [7, 11) is 0. The topological polar surface area (TPSA) is 36.7 Å². The molecule has 2 aliphatic rings. The van der Waals surface area contributed by atoms with Gasteiger partial charge in [-0.15, -0.1) is 0 Å². The molecular formula is C34H22N2. The van der Waals surface area contributed by atoms with Crippen LogP contribution in [0.3, 0.4) is 0 Å². The molecule has 0 unspecified atom stereocenters. The summed E-state index contributed by atoms with van der Waals surface area (Å²) in [4.78, 5) is 4.66. The molecule has 0 saturated heterocycles. The number of nitriles is 1. The summed E-state index contributed by atoms with van der Waals surface area (Å²) >= 11 is 0. The Labute approximate surface area is 209 Å². The Bertz CT molecular complexity index is 1880. The zero-order valence-electron chi connectivity index (χ0n) is 19.7. The SMILES string of the molecule is N#Cc1ccc(-c2cccc3c2-c2cc(C4=CC=c5ccc6cccnc6c5=CC4)ccc2C3)cc1. The fourth-order valence-corrected chi connectivity index (χ4v) is 5.63. The number of aromatic nitrogens is 1. The molecule has 2 heteroatoms. The Kier molecular flexibility index (Phi) is 4.69. The number of allylic oxidation sites excluding steroid dienone is 2. The van der Waals surface area contributed by atoms with Crippen molar-refractivity contribution in [1.82, 2.24) is 4.98 Å². The maximum Gasteiger partial charge on any atom is 0.0991 e. The van der Waals surface area contributed by atoms with Gasteiger partial charge in [-0.25, -0.2) is 0 Å². The van der Waals surface area contributed by atoms with Crippen LogP contribution in [0.25, 0.3) is 50.9 Å². The highest BCUT2D eigenvalue weighted by molar-refractivity contribution is 5.92. The zero-order chi connectivity index (χ0) is 24.1. The van der Waals surface area contributed by atoms with Gasteiger partial charge in [-0.05, 0) is 86.8 Å². The summed E-state index contributed by atoms with van der Waals surface area (Å²) in [5.41, 5.74) is 12.1. The second-order valence-corrected chi connectivity index (χ2v) is 9.49. The summed E-state index contributed by atoms with van der Waals surface area (Å²) in [5, 5.41) is 12.8. The molecule has 1 aromatic heterocycles. The van der Waals surface area contributed by atoms with Gasteiger partial charge in [0, 0.05) is 16.8 Å². The number of nitrogens with zero attached hydrogens (tertiary/aromatic N) is 2. The van der Waals surface area contributed by atoms with E-state index in [1.807, 2.05) is 24.4 Å². The second-order valence-electron chi connectivity index (χ2n) is 9.49. The van der Waals surface area contributed by atoms with E-state index in [0.717, 1.165) is 23.9 Å². The molecule has 2 nitrogen and oxygen atoms in total. The number of hydrogen-bond acceptors (Lipinski definition) is 2. The summed E-state index contributed by atoms with van der Waals surface area (Å²) in [6, 6.07) is 32.1. The largest absolute Gasteiger partial charge is 0.256 e. The van der Waals surface area contributed by atoms with Crippen molar-refractivity contribution in [3.8, 4) is 28.3 Å². The normalized spacial score (nSPS) is 13.4. The third-order valence-corrected chi connectivity index (χ3v) is 7.44. The van der Waals surface area contributed by atoms with Crippen molar-refractivity contribution in [2.75, 3.05) is 0 Å². The van der Waals surface area contributed by atoms with Crippen LogP contribution >= 0.6 is 0 Å². The molecule has 0 radical (unpaired) electrons. The highest BCUT2D eigenvalue weighted by atomic mass is 14.6. The molecule has 0 atom stereocenters. The lowest BCUT2D eigenvalue weighted by Gasteiger charge is -2.12. The van der Waals surface area contributed by atoms with Crippen molar-refractivity contribution in [2.24, 2.45) is 0 Å². The monoisotopic (exact) mass is 458 g/mol. The highest BCUT2D eigenvalue weighted by Gasteiger charge is 2.22. The second kappa shape index (κ2) is 8.18. The molecule has 2 aliphatic carbocycles. The Balaban J connectivity index is 1.33. The van der Waals surface area contributed by atoms with Crippen LogP contribution in [0.5, 0.6) is 0 Å². The summed E-state index contributed by atoms with van der Waals surface area (Å²) in [6.45, 7) is 0. The molecule has 168 valence electrons. The molecule has 4 aromatic carbocycles. The molecule has 5 aromatic rings. The van der Waals surface area contributed by atoms with Gasteiger partial charge in [0.2, 0.25) is 0 Å². The number of benzene rings is 4. The summed E-state index contributed by atoms with van der Waals surface area (Å²) in [5.74, 6) is 0. The fourth-order valence-electron chi connectivity index (χ4n) is 5.63. The van der Waals surface area contributed by atoms with Crippen molar-refractivity contribution in [1.29, 1.82) is 5.26 Å². The molecule has 36 heavy (non-hydrogen) atoms. The molecule has 0 N–H and O–H groups in total. The summed E-state index contributed by atoms with van der Waals surface area (Å²) < 4.78 is 0. The third-order valence-electron chi connectivity index (χ3n) is 7.44. The average molecular weight is 459 g/mol. The van der Waals surface area contributed by atoms with Crippen LogP contribution in [0.15, 0.2) is 97.2 Å². The minimum atomic E-state index is 0.686. The molecule has 0 saturated carbocycles. The van der Waals surface area contributed by atoms with Crippen molar-refractivity contribution in [3.05, 3.63) is 130 Å². The van der Waals surface area contributed by atoms with Gasteiger partial charge in [0.15, 0.2) is 0 Å². The van der Waals surface area contributed by atoms with Crippen molar-refractivity contribution in [2.45, 2.75) is 12.8 Å². The van der Waals surface area contributed by atoms with Crippen LogP contribution in [-0.2, 0) is 6.42 Å². The van der Waals surface area contributed by atoms with E-state index in [2.05, 4.69) is 96.0 Å². The van der Waals surface area contributed by atoms with E-state index in [1.54, 1.807) is 0 Å². The van der Waals surface area contributed by atoms with E-state index in [9.17, 15) is 5.26 Å². The Hall–Kier alpha value is -4.74. The summed E-state index contributed by atoms with van der Waals surface area (Å²) in [6.07, 6.45) is 10.5. The predicted molar refractivity (Wildman–Crippen MR) is 147 cm³/mol. The lowest BCUT2D eigenvalue weighted by atomic mass is 9.92.